The van der Waals surface area contributed by atoms with Gasteiger partial charge in [-0.15, -0.1) is 0 Å². The standard InChI is InChI=1S/C35H38N4O3/c1-3-26-13-15-28(16-14-26)34(40)37-29-17-18-31(30(25-29)35(41)36-20-19-27-9-5-4-6-10-27)38-21-23-39(24-22-38)32-11-7-8-12-33(32)42-2/h4-18,25H,3,19-24H2,1-2H3,(H,36,41)(H,37,40). The highest BCUT2D eigenvalue weighted by atomic mass is 16.5. The van der Waals surface area contributed by atoms with Gasteiger partial charge in [-0.3, -0.25) is 9.59 Å². The number of piperazine rings is 1. The monoisotopic (exact) mass is 562 g/mol. The minimum absolute atomic E-state index is 0.156. The number of hydrogen-bond acceptors (Lipinski definition) is 5. The molecule has 0 radical (unpaired) electrons. The van der Waals surface area contributed by atoms with Crippen LogP contribution >= 0.6 is 0 Å². The lowest BCUT2D eigenvalue weighted by atomic mass is 10.1. The second-order valence-corrected chi connectivity index (χ2v) is 10.4. The van der Waals surface area contributed by atoms with E-state index in [2.05, 4.69) is 45.6 Å². The summed E-state index contributed by atoms with van der Waals surface area (Å²) >= 11 is 0. The Hall–Kier alpha value is -4.78. The van der Waals surface area contributed by atoms with Crippen LogP contribution in [0, 0.1) is 0 Å². The SMILES string of the molecule is CCc1ccc(C(=O)Nc2ccc(N3CCN(c4ccccc4OC)CC3)c(C(=O)NCCc3ccccc3)c2)cc1. The summed E-state index contributed by atoms with van der Waals surface area (Å²) in [6.07, 6.45) is 1.66. The topological polar surface area (TPSA) is 73.9 Å². The van der Waals surface area contributed by atoms with E-state index >= 15 is 0 Å². The van der Waals surface area contributed by atoms with E-state index in [4.69, 9.17) is 4.74 Å². The van der Waals surface area contributed by atoms with Crippen molar-refractivity contribution >= 4 is 28.9 Å². The molecule has 0 aliphatic carbocycles. The summed E-state index contributed by atoms with van der Waals surface area (Å²) in [5, 5.41) is 6.08. The Labute approximate surface area is 248 Å². The Morgan fingerprint density at radius 2 is 1.40 bits per heavy atom. The van der Waals surface area contributed by atoms with Gasteiger partial charge in [0.05, 0.1) is 18.4 Å². The Balaban J connectivity index is 1.33. The summed E-state index contributed by atoms with van der Waals surface area (Å²) in [7, 11) is 1.69. The number of para-hydroxylation sites is 2. The predicted octanol–water partition coefficient (Wildman–Crippen LogP) is 5.81. The van der Waals surface area contributed by atoms with E-state index in [9.17, 15) is 9.59 Å². The molecule has 1 aliphatic heterocycles. The van der Waals surface area contributed by atoms with Crippen LogP contribution in [0.5, 0.6) is 5.75 Å². The van der Waals surface area contributed by atoms with E-state index in [1.54, 1.807) is 13.2 Å². The van der Waals surface area contributed by atoms with E-state index in [1.165, 1.54) is 11.1 Å². The predicted molar refractivity (Wildman–Crippen MR) is 170 cm³/mol. The summed E-state index contributed by atoms with van der Waals surface area (Å²) in [6.45, 7) is 5.69. The molecular formula is C35H38N4O3. The molecule has 42 heavy (non-hydrogen) atoms. The first-order valence-electron chi connectivity index (χ1n) is 14.5. The summed E-state index contributed by atoms with van der Waals surface area (Å²) in [4.78, 5) is 31.1. The average Bonchev–Trinajstić information content (AvgIpc) is 3.05. The van der Waals surface area contributed by atoms with Gasteiger partial charge in [-0.1, -0.05) is 61.5 Å². The molecule has 1 heterocycles. The molecule has 1 saturated heterocycles. The van der Waals surface area contributed by atoms with Crippen LogP contribution in [0.3, 0.4) is 0 Å². The molecule has 0 saturated carbocycles. The molecule has 4 aromatic rings. The van der Waals surface area contributed by atoms with E-state index < -0.39 is 0 Å². The smallest absolute Gasteiger partial charge is 0.255 e. The summed E-state index contributed by atoms with van der Waals surface area (Å²) in [5.41, 5.74) is 5.99. The fourth-order valence-electron chi connectivity index (χ4n) is 5.31. The van der Waals surface area contributed by atoms with Gasteiger partial charge in [0.25, 0.3) is 11.8 Å². The van der Waals surface area contributed by atoms with Gasteiger partial charge < -0.3 is 25.2 Å². The first kappa shape index (κ1) is 28.7. The van der Waals surface area contributed by atoms with Crippen molar-refractivity contribution in [2.45, 2.75) is 19.8 Å². The Kier molecular flexibility index (Phi) is 9.39. The van der Waals surface area contributed by atoms with E-state index in [-0.39, 0.29) is 11.8 Å². The molecule has 0 spiro atoms. The molecule has 1 aliphatic rings. The number of amides is 2. The van der Waals surface area contributed by atoms with Gasteiger partial charge in [0.1, 0.15) is 5.75 Å². The Bertz CT molecular complexity index is 1500. The average molecular weight is 563 g/mol. The minimum atomic E-state index is -0.203. The molecule has 216 valence electrons. The van der Waals surface area contributed by atoms with Gasteiger partial charge in [0.15, 0.2) is 0 Å². The second-order valence-electron chi connectivity index (χ2n) is 10.4. The molecule has 7 heteroatoms. The summed E-state index contributed by atoms with van der Waals surface area (Å²) in [6, 6.07) is 31.4. The molecule has 1 fully saturated rings. The molecule has 2 amide bonds. The van der Waals surface area contributed by atoms with Crippen molar-refractivity contribution in [1.29, 1.82) is 0 Å². The summed E-state index contributed by atoms with van der Waals surface area (Å²) in [5.74, 6) is 0.497. The zero-order valence-electron chi connectivity index (χ0n) is 24.3. The lowest BCUT2D eigenvalue weighted by molar-refractivity contribution is 0.0953. The third kappa shape index (κ3) is 6.92. The normalized spacial score (nSPS) is 13.0. The quantitative estimate of drug-likeness (QED) is 0.255. The zero-order chi connectivity index (χ0) is 29.3. The molecule has 0 atom stereocenters. The van der Waals surface area contributed by atoms with Gasteiger partial charge in [0.2, 0.25) is 0 Å². The fraction of sp³-hybridized carbons (Fsp3) is 0.257. The number of benzene rings is 4. The van der Waals surface area contributed by atoms with Crippen LogP contribution in [0.15, 0.2) is 97.1 Å². The van der Waals surface area contributed by atoms with Crippen molar-refractivity contribution in [1.82, 2.24) is 5.32 Å². The van der Waals surface area contributed by atoms with Gasteiger partial charge in [-0.25, -0.2) is 0 Å². The molecule has 2 N–H and O–H groups in total. The van der Waals surface area contributed by atoms with Crippen LogP contribution in [0.4, 0.5) is 17.1 Å². The number of methoxy groups -OCH3 is 1. The van der Waals surface area contributed by atoms with Crippen LogP contribution in [0.2, 0.25) is 0 Å². The van der Waals surface area contributed by atoms with Crippen LogP contribution in [0.1, 0.15) is 38.8 Å². The number of aryl methyl sites for hydroxylation is 1. The third-order valence-corrected chi connectivity index (χ3v) is 7.71. The molecule has 5 rings (SSSR count). The van der Waals surface area contributed by atoms with Crippen molar-refractivity contribution in [3.63, 3.8) is 0 Å². The second kappa shape index (κ2) is 13.7. The molecule has 4 aromatic carbocycles. The van der Waals surface area contributed by atoms with Gasteiger partial charge >= 0.3 is 0 Å². The fourth-order valence-corrected chi connectivity index (χ4v) is 5.31. The lowest BCUT2D eigenvalue weighted by Gasteiger charge is -2.38. The summed E-state index contributed by atoms with van der Waals surface area (Å²) < 4.78 is 5.58. The highest BCUT2D eigenvalue weighted by Crippen LogP contribution is 2.31. The lowest BCUT2D eigenvalue weighted by Crippen LogP contribution is -2.47. The van der Waals surface area contributed by atoms with E-state index in [1.807, 2.05) is 72.8 Å². The molecule has 7 nitrogen and oxygen atoms in total. The van der Waals surface area contributed by atoms with Gasteiger partial charge in [-0.2, -0.15) is 0 Å². The number of rotatable bonds is 10. The van der Waals surface area contributed by atoms with Crippen molar-refractivity contribution in [3.05, 3.63) is 119 Å². The minimum Gasteiger partial charge on any atom is -0.495 e. The Morgan fingerprint density at radius 1 is 0.738 bits per heavy atom. The van der Waals surface area contributed by atoms with Crippen LogP contribution in [0.25, 0.3) is 0 Å². The number of hydrogen-bond donors (Lipinski definition) is 2. The van der Waals surface area contributed by atoms with Crippen molar-refractivity contribution in [2.24, 2.45) is 0 Å². The number of nitrogens with one attached hydrogen (secondary N) is 2. The maximum Gasteiger partial charge on any atom is 0.255 e. The van der Waals surface area contributed by atoms with Gasteiger partial charge in [-0.05, 0) is 66.4 Å². The van der Waals surface area contributed by atoms with Crippen LogP contribution < -0.4 is 25.2 Å². The maximum atomic E-state index is 13.6. The van der Waals surface area contributed by atoms with Crippen molar-refractivity contribution in [2.75, 3.05) is 55.0 Å². The van der Waals surface area contributed by atoms with Crippen molar-refractivity contribution in [3.8, 4) is 5.75 Å². The molecule has 0 bridgehead atoms. The number of carbonyl (C=O) groups is 2. The largest absolute Gasteiger partial charge is 0.495 e. The molecule has 0 aromatic heterocycles. The van der Waals surface area contributed by atoms with Crippen LogP contribution in [-0.4, -0.2) is 51.6 Å². The van der Waals surface area contributed by atoms with E-state index in [0.29, 0.717) is 23.4 Å². The first-order chi connectivity index (χ1) is 20.6. The van der Waals surface area contributed by atoms with Crippen LogP contribution in [-0.2, 0) is 12.8 Å². The first-order valence-corrected chi connectivity index (χ1v) is 14.5. The zero-order valence-corrected chi connectivity index (χ0v) is 24.3. The molecular weight excluding hydrogens is 524 g/mol. The van der Waals surface area contributed by atoms with E-state index in [0.717, 1.165) is 56.1 Å². The highest BCUT2D eigenvalue weighted by Gasteiger charge is 2.24. The highest BCUT2D eigenvalue weighted by molar-refractivity contribution is 6.06. The third-order valence-electron chi connectivity index (χ3n) is 7.71. The Morgan fingerprint density at radius 3 is 2.10 bits per heavy atom. The molecule has 0 unspecified atom stereocenters. The maximum absolute atomic E-state index is 13.6. The number of carbonyl (C=O) groups excluding carboxylic acids is 2. The van der Waals surface area contributed by atoms with Crippen molar-refractivity contribution < 1.29 is 14.3 Å². The number of ether oxygens (including phenoxy) is 1. The number of anilines is 3. The van der Waals surface area contributed by atoms with Gasteiger partial charge in [0, 0.05) is 49.7 Å². The number of nitrogens with zero attached hydrogens (tertiary/aromatic N) is 2.